The lowest BCUT2D eigenvalue weighted by atomic mass is 9.94. The Morgan fingerprint density at radius 1 is 1.05 bits per heavy atom. The van der Waals surface area contributed by atoms with Gasteiger partial charge < -0.3 is 15.1 Å². The van der Waals surface area contributed by atoms with Crippen LogP contribution in [-0.2, 0) is 0 Å². The average molecular weight is 281 g/mol. The smallest absolute Gasteiger partial charge is 0.0220 e. The zero-order chi connectivity index (χ0) is 14.4. The van der Waals surface area contributed by atoms with Crippen molar-refractivity contribution in [3.63, 3.8) is 0 Å². The molecule has 1 aliphatic carbocycles. The van der Waals surface area contributed by atoms with Gasteiger partial charge in [0.15, 0.2) is 0 Å². The Labute approximate surface area is 126 Å². The summed E-state index contributed by atoms with van der Waals surface area (Å²) in [7, 11) is 4.62. The van der Waals surface area contributed by atoms with Crippen molar-refractivity contribution in [3.8, 4) is 0 Å². The van der Waals surface area contributed by atoms with Crippen molar-refractivity contribution in [1.29, 1.82) is 0 Å². The van der Waals surface area contributed by atoms with E-state index >= 15 is 0 Å². The summed E-state index contributed by atoms with van der Waals surface area (Å²) in [5, 5.41) is 3.75. The van der Waals surface area contributed by atoms with Crippen LogP contribution >= 0.6 is 0 Å². The van der Waals surface area contributed by atoms with Crippen LogP contribution in [0.1, 0.15) is 51.9 Å². The van der Waals surface area contributed by atoms with Crippen LogP contribution in [0.25, 0.3) is 0 Å². The van der Waals surface area contributed by atoms with E-state index in [1.807, 2.05) is 0 Å². The molecular weight excluding hydrogens is 246 g/mol. The van der Waals surface area contributed by atoms with Crippen LogP contribution in [0.4, 0.5) is 0 Å². The molecule has 2 aliphatic rings. The molecule has 2 rings (SSSR count). The molecule has 0 aromatic carbocycles. The van der Waals surface area contributed by atoms with Gasteiger partial charge in [-0.3, -0.25) is 0 Å². The van der Waals surface area contributed by atoms with Gasteiger partial charge in [0, 0.05) is 25.2 Å². The van der Waals surface area contributed by atoms with Gasteiger partial charge in [-0.1, -0.05) is 26.2 Å². The molecule has 0 aromatic rings. The van der Waals surface area contributed by atoms with E-state index in [2.05, 4.69) is 36.1 Å². The van der Waals surface area contributed by atoms with Crippen LogP contribution < -0.4 is 5.32 Å². The molecule has 1 N–H and O–H groups in total. The summed E-state index contributed by atoms with van der Waals surface area (Å²) < 4.78 is 0. The van der Waals surface area contributed by atoms with Gasteiger partial charge in [0.25, 0.3) is 0 Å². The monoisotopic (exact) mass is 281 g/mol. The maximum Gasteiger partial charge on any atom is 0.0220 e. The highest BCUT2D eigenvalue weighted by Crippen LogP contribution is 2.25. The largest absolute Gasteiger partial charge is 0.314 e. The predicted molar refractivity (Wildman–Crippen MR) is 87.2 cm³/mol. The second-order valence-electron chi connectivity index (χ2n) is 7.06. The Balaban J connectivity index is 1.81. The van der Waals surface area contributed by atoms with Gasteiger partial charge in [-0.05, 0) is 58.8 Å². The highest BCUT2D eigenvalue weighted by atomic mass is 15.2. The summed E-state index contributed by atoms with van der Waals surface area (Å²) in [6, 6.07) is 1.55. The van der Waals surface area contributed by atoms with E-state index in [4.69, 9.17) is 0 Å². The molecule has 0 spiro atoms. The minimum absolute atomic E-state index is 0.756. The molecule has 3 atom stereocenters. The molecule has 0 aromatic heterocycles. The topological polar surface area (TPSA) is 18.5 Å². The zero-order valence-electron chi connectivity index (χ0n) is 13.9. The van der Waals surface area contributed by atoms with E-state index in [1.54, 1.807) is 0 Å². The number of hydrogen-bond donors (Lipinski definition) is 1. The summed E-state index contributed by atoms with van der Waals surface area (Å²) >= 11 is 0. The van der Waals surface area contributed by atoms with Gasteiger partial charge in [0.1, 0.15) is 0 Å². The van der Waals surface area contributed by atoms with Gasteiger partial charge in [-0.2, -0.15) is 0 Å². The number of nitrogens with one attached hydrogen (secondary N) is 1. The van der Waals surface area contributed by atoms with Crippen LogP contribution in [0.5, 0.6) is 0 Å². The fourth-order valence-electron chi connectivity index (χ4n) is 4.18. The van der Waals surface area contributed by atoms with Gasteiger partial charge in [0.2, 0.25) is 0 Å². The summed E-state index contributed by atoms with van der Waals surface area (Å²) in [6.07, 6.45) is 9.87. The van der Waals surface area contributed by atoms with Crippen LogP contribution in [0.2, 0.25) is 0 Å². The number of likely N-dealkylation sites (tertiary alicyclic amines) is 1. The third kappa shape index (κ3) is 4.71. The molecule has 118 valence electrons. The van der Waals surface area contributed by atoms with Gasteiger partial charge in [0.05, 0.1) is 0 Å². The highest BCUT2D eigenvalue weighted by Gasteiger charge is 2.26. The Morgan fingerprint density at radius 2 is 1.85 bits per heavy atom. The Kier molecular flexibility index (Phi) is 6.79. The summed E-state index contributed by atoms with van der Waals surface area (Å²) in [5.41, 5.74) is 0. The molecular formula is C17H35N3. The quantitative estimate of drug-likeness (QED) is 0.755. The molecule has 1 heterocycles. The van der Waals surface area contributed by atoms with Gasteiger partial charge in [-0.25, -0.2) is 0 Å². The zero-order valence-corrected chi connectivity index (χ0v) is 13.9. The first-order chi connectivity index (χ1) is 9.70. The van der Waals surface area contributed by atoms with E-state index in [0.717, 1.165) is 24.5 Å². The second-order valence-corrected chi connectivity index (χ2v) is 7.06. The van der Waals surface area contributed by atoms with Crippen molar-refractivity contribution in [2.75, 3.05) is 40.3 Å². The molecule has 20 heavy (non-hydrogen) atoms. The average Bonchev–Trinajstić information content (AvgIpc) is 2.69. The van der Waals surface area contributed by atoms with E-state index < -0.39 is 0 Å². The number of hydrogen-bond acceptors (Lipinski definition) is 3. The lowest BCUT2D eigenvalue weighted by Crippen LogP contribution is -2.44. The van der Waals surface area contributed by atoms with Crippen molar-refractivity contribution >= 4 is 0 Å². The summed E-state index contributed by atoms with van der Waals surface area (Å²) in [5.74, 6) is 0.856. The van der Waals surface area contributed by atoms with Gasteiger partial charge >= 0.3 is 0 Å². The Morgan fingerprint density at radius 3 is 2.55 bits per heavy atom. The van der Waals surface area contributed by atoms with Crippen molar-refractivity contribution < 1.29 is 0 Å². The Bertz CT molecular complexity index is 269. The molecule has 3 nitrogen and oxygen atoms in total. The first-order valence-corrected chi connectivity index (χ1v) is 8.83. The second kappa shape index (κ2) is 8.35. The summed E-state index contributed by atoms with van der Waals surface area (Å²) in [4.78, 5) is 5.15. The van der Waals surface area contributed by atoms with E-state index in [-0.39, 0.29) is 0 Å². The molecule has 1 aliphatic heterocycles. The van der Waals surface area contributed by atoms with E-state index in [1.165, 1.54) is 64.6 Å². The molecule has 1 saturated heterocycles. The van der Waals surface area contributed by atoms with Gasteiger partial charge in [-0.15, -0.1) is 0 Å². The normalized spacial score (nSPS) is 32.7. The van der Waals surface area contributed by atoms with E-state index in [9.17, 15) is 0 Å². The first-order valence-electron chi connectivity index (χ1n) is 8.83. The fraction of sp³-hybridized carbons (Fsp3) is 1.00. The van der Waals surface area contributed by atoms with Crippen LogP contribution in [0, 0.1) is 5.92 Å². The standard InChI is InChI=1S/C17H35N3/c1-4-18-17-11-7-5-6-9-15(17)13-19(2)14-16-10-8-12-20(16)3/h15-18H,4-14H2,1-3H3. The minimum atomic E-state index is 0.756. The lowest BCUT2D eigenvalue weighted by Gasteiger charge is -2.32. The predicted octanol–water partition coefficient (Wildman–Crippen LogP) is 2.57. The fourth-order valence-corrected chi connectivity index (χ4v) is 4.18. The molecule has 0 radical (unpaired) electrons. The van der Waals surface area contributed by atoms with Crippen molar-refractivity contribution in [1.82, 2.24) is 15.1 Å². The number of likely N-dealkylation sites (N-methyl/N-ethyl adjacent to an activating group) is 2. The summed E-state index contributed by atoms with van der Waals surface area (Å²) in [6.45, 7) is 7.20. The third-order valence-corrected chi connectivity index (χ3v) is 5.37. The lowest BCUT2D eigenvalue weighted by molar-refractivity contribution is 0.179. The van der Waals surface area contributed by atoms with Crippen LogP contribution in [0.15, 0.2) is 0 Å². The molecule has 0 bridgehead atoms. The minimum Gasteiger partial charge on any atom is -0.314 e. The van der Waals surface area contributed by atoms with Crippen LogP contribution in [-0.4, -0.2) is 62.2 Å². The van der Waals surface area contributed by atoms with Crippen molar-refractivity contribution in [2.45, 2.75) is 64.0 Å². The molecule has 2 fully saturated rings. The molecule has 3 heteroatoms. The number of rotatable bonds is 6. The first kappa shape index (κ1) is 16.3. The van der Waals surface area contributed by atoms with E-state index in [0.29, 0.717) is 0 Å². The number of nitrogens with zero attached hydrogens (tertiary/aromatic N) is 2. The molecule has 1 saturated carbocycles. The molecule has 0 amide bonds. The highest BCUT2D eigenvalue weighted by molar-refractivity contribution is 4.84. The maximum atomic E-state index is 3.75. The van der Waals surface area contributed by atoms with Crippen molar-refractivity contribution in [2.24, 2.45) is 5.92 Å². The maximum absolute atomic E-state index is 3.75. The third-order valence-electron chi connectivity index (χ3n) is 5.37. The molecule has 3 unspecified atom stereocenters. The van der Waals surface area contributed by atoms with Crippen molar-refractivity contribution in [3.05, 3.63) is 0 Å². The SMILES string of the molecule is CCNC1CCCCCC1CN(C)CC1CCCN1C. The van der Waals surface area contributed by atoms with Crippen LogP contribution in [0.3, 0.4) is 0 Å². The Hall–Kier alpha value is -0.120.